The summed E-state index contributed by atoms with van der Waals surface area (Å²) in [5, 5.41) is 6.00. The molecule has 0 bridgehead atoms. The first-order valence-corrected chi connectivity index (χ1v) is 7.11. The molecule has 0 fully saturated rings. The van der Waals surface area contributed by atoms with Crippen LogP contribution >= 0.6 is 11.3 Å². The molecule has 5 heteroatoms. The summed E-state index contributed by atoms with van der Waals surface area (Å²) in [7, 11) is 0. The largest absolute Gasteiger partial charge is 0.479 e. The highest BCUT2D eigenvalue weighted by Crippen LogP contribution is 2.34. The lowest BCUT2D eigenvalue weighted by molar-refractivity contribution is -0.122. The van der Waals surface area contributed by atoms with Crippen molar-refractivity contribution >= 4 is 22.9 Å². The first-order chi connectivity index (χ1) is 9.17. The fourth-order valence-corrected chi connectivity index (χ4v) is 2.73. The number of nitrogens with one attached hydrogen (secondary N) is 1. The molecule has 0 saturated carbocycles. The number of hydrogen-bond donors (Lipinski definition) is 1. The zero-order valence-corrected chi connectivity index (χ0v) is 11.6. The van der Waals surface area contributed by atoms with Crippen LogP contribution in [0.3, 0.4) is 0 Å². The molecule has 2 aromatic rings. The molecule has 1 unspecified atom stereocenters. The fraction of sp³-hybridized carbons (Fsp3) is 0.286. The van der Waals surface area contributed by atoms with Gasteiger partial charge in [0, 0.05) is 10.9 Å². The van der Waals surface area contributed by atoms with Crippen molar-refractivity contribution in [3.05, 3.63) is 28.6 Å². The molecule has 0 aliphatic carbocycles. The van der Waals surface area contributed by atoms with Crippen LogP contribution in [0.4, 0.5) is 5.69 Å². The summed E-state index contributed by atoms with van der Waals surface area (Å²) in [5.74, 6) is 0.596. The molecule has 1 aliphatic heterocycles. The molecule has 2 heterocycles. The van der Waals surface area contributed by atoms with E-state index < -0.39 is 6.10 Å². The van der Waals surface area contributed by atoms with E-state index in [-0.39, 0.29) is 5.91 Å². The maximum atomic E-state index is 11.6. The molecule has 0 saturated heterocycles. The van der Waals surface area contributed by atoms with Crippen LogP contribution in [0.2, 0.25) is 0 Å². The van der Waals surface area contributed by atoms with Gasteiger partial charge in [-0.15, -0.1) is 11.3 Å². The standard InChI is InChI=1S/C14H14N2O2S/c1-3-13-15-11(7-19-13)9-4-5-12-10(6-9)16-14(17)8(2)18-12/h4-8H,3H2,1-2H3,(H,16,17). The highest BCUT2D eigenvalue weighted by Gasteiger charge is 2.23. The summed E-state index contributed by atoms with van der Waals surface area (Å²) in [6.45, 7) is 3.82. The van der Waals surface area contributed by atoms with Crippen molar-refractivity contribution in [2.75, 3.05) is 5.32 Å². The SMILES string of the molecule is CCc1nc(-c2ccc3c(c2)NC(=O)C(C)O3)cs1. The Bertz CT molecular complexity index is 636. The Hall–Kier alpha value is -1.88. The van der Waals surface area contributed by atoms with Crippen molar-refractivity contribution in [3.63, 3.8) is 0 Å². The number of aromatic nitrogens is 1. The summed E-state index contributed by atoms with van der Waals surface area (Å²) >= 11 is 1.65. The Balaban J connectivity index is 1.97. The van der Waals surface area contributed by atoms with Crippen LogP contribution in [0.5, 0.6) is 5.75 Å². The summed E-state index contributed by atoms with van der Waals surface area (Å²) in [6.07, 6.45) is 0.497. The third-order valence-corrected chi connectivity index (χ3v) is 4.05. The van der Waals surface area contributed by atoms with Crippen molar-refractivity contribution in [2.24, 2.45) is 0 Å². The van der Waals surface area contributed by atoms with Crippen molar-refractivity contribution in [1.29, 1.82) is 0 Å². The summed E-state index contributed by atoms with van der Waals surface area (Å²) in [5.41, 5.74) is 2.65. The Morgan fingerprint density at radius 1 is 1.47 bits per heavy atom. The molecular weight excluding hydrogens is 260 g/mol. The third kappa shape index (κ3) is 2.21. The second-order valence-corrected chi connectivity index (χ2v) is 5.38. The molecule has 1 aromatic carbocycles. The predicted molar refractivity (Wildman–Crippen MR) is 75.6 cm³/mol. The zero-order chi connectivity index (χ0) is 13.4. The van der Waals surface area contributed by atoms with Gasteiger partial charge >= 0.3 is 0 Å². The molecule has 0 radical (unpaired) electrons. The lowest BCUT2D eigenvalue weighted by Gasteiger charge is -2.23. The van der Waals surface area contributed by atoms with Gasteiger partial charge in [-0.2, -0.15) is 0 Å². The monoisotopic (exact) mass is 274 g/mol. The molecule has 1 amide bonds. The van der Waals surface area contributed by atoms with Crippen LogP contribution in [0, 0.1) is 0 Å². The van der Waals surface area contributed by atoms with Gasteiger partial charge in [0.2, 0.25) is 0 Å². The number of amides is 1. The number of carbonyl (C=O) groups excluding carboxylic acids is 1. The van der Waals surface area contributed by atoms with Crippen molar-refractivity contribution < 1.29 is 9.53 Å². The van der Waals surface area contributed by atoms with Crippen LogP contribution in [0.25, 0.3) is 11.3 Å². The van der Waals surface area contributed by atoms with E-state index in [1.54, 1.807) is 18.3 Å². The molecule has 19 heavy (non-hydrogen) atoms. The second-order valence-electron chi connectivity index (χ2n) is 4.44. The molecule has 1 atom stereocenters. The lowest BCUT2D eigenvalue weighted by Crippen LogP contribution is -2.34. The average molecular weight is 274 g/mol. The number of anilines is 1. The van der Waals surface area contributed by atoms with Gasteiger partial charge in [0.15, 0.2) is 6.10 Å². The van der Waals surface area contributed by atoms with E-state index >= 15 is 0 Å². The number of rotatable bonds is 2. The van der Waals surface area contributed by atoms with Crippen LogP contribution < -0.4 is 10.1 Å². The van der Waals surface area contributed by atoms with Gasteiger partial charge in [0.25, 0.3) is 5.91 Å². The average Bonchev–Trinajstić information content (AvgIpc) is 2.88. The van der Waals surface area contributed by atoms with Crippen LogP contribution in [0.1, 0.15) is 18.9 Å². The molecule has 1 N–H and O–H groups in total. The third-order valence-electron chi connectivity index (χ3n) is 3.06. The number of benzene rings is 1. The number of thiazole rings is 1. The maximum absolute atomic E-state index is 11.6. The van der Waals surface area contributed by atoms with Crippen molar-refractivity contribution in [2.45, 2.75) is 26.4 Å². The number of fused-ring (bicyclic) bond motifs is 1. The first-order valence-electron chi connectivity index (χ1n) is 6.23. The lowest BCUT2D eigenvalue weighted by atomic mass is 10.1. The molecule has 98 valence electrons. The van der Waals surface area contributed by atoms with E-state index in [1.807, 2.05) is 23.6 Å². The Morgan fingerprint density at radius 2 is 2.32 bits per heavy atom. The van der Waals surface area contributed by atoms with Gasteiger partial charge in [-0.25, -0.2) is 4.98 Å². The van der Waals surface area contributed by atoms with Crippen LogP contribution in [-0.2, 0) is 11.2 Å². The van der Waals surface area contributed by atoms with E-state index in [0.717, 1.165) is 22.7 Å². The molecular formula is C14H14N2O2S. The van der Waals surface area contributed by atoms with Gasteiger partial charge in [-0.1, -0.05) is 6.92 Å². The predicted octanol–water partition coefficient (Wildman–Crippen LogP) is 3.09. The van der Waals surface area contributed by atoms with Crippen LogP contribution in [0.15, 0.2) is 23.6 Å². The molecule has 1 aliphatic rings. The van der Waals surface area contributed by atoms with Gasteiger partial charge in [0.1, 0.15) is 5.75 Å². The Morgan fingerprint density at radius 3 is 3.05 bits per heavy atom. The van der Waals surface area contributed by atoms with Crippen molar-refractivity contribution in [1.82, 2.24) is 4.98 Å². The number of carbonyl (C=O) groups is 1. The maximum Gasteiger partial charge on any atom is 0.265 e. The smallest absolute Gasteiger partial charge is 0.265 e. The molecule has 1 aromatic heterocycles. The van der Waals surface area contributed by atoms with Crippen LogP contribution in [-0.4, -0.2) is 17.0 Å². The molecule has 0 spiro atoms. The quantitative estimate of drug-likeness (QED) is 0.915. The number of aryl methyl sites for hydroxylation is 1. The number of ether oxygens (including phenoxy) is 1. The summed E-state index contributed by atoms with van der Waals surface area (Å²) < 4.78 is 5.53. The number of hydrogen-bond acceptors (Lipinski definition) is 4. The minimum atomic E-state index is -0.440. The van der Waals surface area contributed by atoms with Gasteiger partial charge in [-0.05, 0) is 31.5 Å². The van der Waals surface area contributed by atoms with E-state index in [4.69, 9.17) is 4.74 Å². The minimum Gasteiger partial charge on any atom is -0.479 e. The van der Waals surface area contributed by atoms with E-state index in [0.29, 0.717) is 11.4 Å². The fourth-order valence-electron chi connectivity index (χ4n) is 1.97. The van der Waals surface area contributed by atoms with E-state index in [9.17, 15) is 4.79 Å². The van der Waals surface area contributed by atoms with E-state index in [2.05, 4.69) is 17.2 Å². The zero-order valence-electron chi connectivity index (χ0n) is 10.8. The molecule has 4 nitrogen and oxygen atoms in total. The van der Waals surface area contributed by atoms with E-state index in [1.165, 1.54) is 0 Å². The highest BCUT2D eigenvalue weighted by molar-refractivity contribution is 7.09. The minimum absolute atomic E-state index is 0.114. The topological polar surface area (TPSA) is 51.2 Å². The Kier molecular flexibility index (Phi) is 2.98. The Labute approximate surface area is 115 Å². The normalized spacial score (nSPS) is 17.6. The molecule has 3 rings (SSSR count). The van der Waals surface area contributed by atoms with Gasteiger partial charge in [-0.3, -0.25) is 4.79 Å². The first kappa shape index (κ1) is 12.2. The number of nitrogens with zero attached hydrogens (tertiary/aromatic N) is 1. The van der Waals surface area contributed by atoms with Gasteiger partial charge in [0.05, 0.1) is 16.4 Å². The summed E-state index contributed by atoms with van der Waals surface area (Å²) in [6, 6.07) is 5.76. The van der Waals surface area contributed by atoms with Gasteiger partial charge < -0.3 is 10.1 Å². The highest BCUT2D eigenvalue weighted by atomic mass is 32.1. The second kappa shape index (κ2) is 4.66. The van der Waals surface area contributed by atoms with Crippen molar-refractivity contribution in [3.8, 4) is 17.0 Å². The summed E-state index contributed by atoms with van der Waals surface area (Å²) in [4.78, 5) is 16.2.